The lowest BCUT2D eigenvalue weighted by Gasteiger charge is -2.25. The lowest BCUT2D eigenvalue weighted by atomic mass is 10.0. The Morgan fingerprint density at radius 1 is 1.00 bits per heavy atom. The van der Waals surface area contributed by atoms with Crippen molar-refractivity contribution in [3.8, 4) is 34.1 Å². The SMILES string of the molecule is COc1ccc(-c2cc(=O)n(-c3ccc(OC)cc3)nc2C(=O)NN2C(=O)C(C)SC2c2cc([N+](=O)[O-])ccc2O)cc1. The molecule has 2 amide bonds. The van der Waals surface area contributed by atoms with Gasteiger partial charge in [-0.15, -0.1) is 11.8 Å². The number of aromatic nitrogens is 2. The molecule has 220 valence electrons. The third-order valence-corrected chi connectivity index (χ3v) is 8.06. The molecule has 0 spiro atoms. The van der Waals surface area contributed by atoms with Gasteiger partial charge >= 0.3 is 0 Å². The minimum Gasteiger partial charge on any atom is -0.508 e. The number of rotatable bonds is 8. The normalized spacial score (nSPS) is 16.2. The lowest BCUT2D eigenvalue weighted by molar-refractivity contribution is -0.385. The number of aromatic hydroxyl groups is 1. The van der Waals surface area contributed by atoms with Gasteiger partial charge in [-0.2, -0.15) is 9.78 Å². The zero-order valence-corrected chi connectivity index (χ0v) is 23.9. The highest BCUT2D eigenvalue weighted by Gasteiger charge is 2.42. The number of benzene rings is 3. The number of amides is 2. The van der Waals surface area contributed by atoms with Gasteiger partial charge in [-0.25, -0.2) is 5.01 Å². The molecule has 2 atom stereocenters. The molecule has 0 aliphatic carbocycles. The Morgan fingerprint density at radius 3 is 2.23 bits per heavy atom. The molecule has 1 aliphatic heterocycles. The number of hydrazine groups is 1. The predicted octanol–water partition coefficient (Wildman–Crippen LogP) is 3.84. The van der Waals surface area contributed by atoms with Gasteiger partial charge < -0.3 is 14.6 Å². The van der Waals surface area contributed by atoms with Crippen molar-refractivity contribution in [3.63, 3.8) is 0 Å². The number of non-ortho nitro benzene ring substituents is 1. The van der Waals surface area contributed by atoms with Gasteiger partial charge in [0, 0.05) is 29.3 Å². The maximum absolute atomic E-state index is 13.9. The first-order valence-electron chi connectivity index (χ1n) is 12.8. The number of methoxy groups -OCH3 is 2. The predicted molar refractivity (Wildman–Crippen MR) is 157 cm³/mol. The number of phenols is 1. The van der Waals surface area contributed by atoms with Crippen LogP contribution in [-0.4, -0.2) is 56.1 Å². The number of carbonyl (C=O) groups is 2. The zero-order valence-electron chi connectivity index (χ0n) is 23.1. The summed E-state index contributed by atoms with van der Waals surface area (Å²) in [5.41, 5.74) is 2.69. The number of nitrogens with one attached hydrogen (secondary N) is 1. The molecule has 0 radical (unpaired) electrons. The van der Waals surface area contributed by atoms with Crippen LogP contribution in [0.1, 0.15) is 28.3 Å². The van der Waals surface area contributed by atoms with Gasteiger partial charge in [-0.05, 0) is 55.0 Å². The number of ether oxygens (including phenoxy) is 2. The smallest absolute Gasteiger partial charge is 0.291 e. The number of hydrogen-bond acceptors (Lipinski definition) is 10. The number of nitro groups is 1. The fourth-order valence-corrected chi connectivity index (χ4v) is 5.72. The van der Waals surface area contributed by atoms with E-state index in [1.165, 1.54) is 20.3 Å². The van der Waals surface area contributed by atoms with Crippen molar-refractivity contribution in [3.05, 3.63) is 105 Å². The lowest BCUT2D eigenvalue weighted by Crippen LogP contribution is -2.46. The number of carbonyl (C=O) groups excluding carboxylic acids is 2. The van der Waals surface area contributed by atoms with Crippen molar-refractivity contribution in [2.24, 2.45) is 0 Å². The molecule has 14 heteroatoms. The molecule has 43 heavy (non-hydrogen) atoms. The standard InChI is InChI=1S/C29H25N5O8S/c1-16-28(38)33(29(43-16)23-14-19(34(39)40)8-13-24(23)35)31-27(37)26-22(17-4-9-20(41-2)10-5-17)15-25(36)32(30-26)18-6-11-21(42-3)12-7-18/h4-16,29,35H,1-3H3,(H,31,37). The second-order valence-electron chi connectivity index (χ2n) is 9.36. The van der Waals surface area contributed by atoms with Gasteiger partial charge in [0.25, 0.3) is 23.1 Å². The van der Waals surface area contributed by atoms with E-state index in [2.05, 4.69) is 10.5 Å². The highest BCUT2D eigenvalue weighted by Crippen LogP contribution is 2.45. The minimum absolute atomic E-state index is 0.0729. The molecule has 0 bridgehead atoms. The van der Waals surface area contributed by atoms with E-state index in [4.69, 9.17) is 9.47 Å². The van der Waals surface area contributed by atoms with Gasteiger partial charge in [-0.1, -0.05) is 12.1 Å². The molecule has 0 saturated carbocycles. The largest absolute Gasteiger partial charge is 0.508 e. The van der Waals surface area contributed by atoms with E-state index in [-0.39, 0.29) is 28.3 Å². The van der Waals surface area contributed by atoms with Crippen molar-refractivity contribution in [2.75, 3.05) is 14.2 Å². The van der Waals surface area contributed by atoms with Crippen molar-refractivity contribution < 1.29 is 29.1 Å². The summed E-state index contributed by atoms with van der Waals surface area (Å²) in [5, 5.41) is 25.7. The van der Waals surface area contributed by atoms with Crippen LogP contribution in [0.3, 0.4) is 0 Å². The summed E-state index contributed by atoms with van der Waals surface area (Å²) in [4.78, 5) is 51.1. The molecule has 2 unspecified atom stereocenters. The van der Waals surface area contributed by atoms with Gasteiger partial charge in [0.2, 0.25) is 0 Å². The number of thioether (sulfide) groups is 1. The van der Waals surface area contributed by atoms with Crippen LogP contribution >= 0.6 is 11.8 Å². The summed E-state index contributed by atoms with van der Waals surface area (Å²) in [5.74, 6) is -0.495. The summed E-state index contributed by atoms with van der Waals surface area (Å²) in [7, 11) is 3.01. The molecule has 2 N–H and O–H groups in total. The first-order valence-corrected chi connectivity index (χ1v) is 13.8. The van der Waals surface area contributed by atoms with Gasteiger partial charge in [0.1, 0.15) is 22.6 Å². The zero-order chi connectivity index (χ0) is 30.8. The highest BCUT2D eigenvalue weighted by molar-refractivity contribution is 8.01. The third-order valence-electron chi connectivity index (χ3n) is 6.73. The van der Waals surface area contributed by atoms with E-state index in [0.717, 1.165) is 39.7 Å². The van der Waals surface area contributed by atoms with E-state index in [1.54, 1.807) is 55.5 Å². The highest BCUT2D eigenvalue weighted by atomic mass is 32.2. The summed E-state index contributed by atoms with van der Waals surface area (Å²) in [6.07, 6.45) is 0. The van der Waals surface area contributed by atoms with Crippen LogP contribution in [0.5, 0.6) is 17.2 Å². The molecular weight excluding hydrogens is 578 g/mol. The summed E-state index contributed by atoms with van der Waals surface area (Å²) in [6, 6.07) is 17.8. The third kappa shape index (κ3) is 5.72. The molecule has 1 aromatic heterocycles. The average molecular weight is 604 g/mol. The maximum Gasteiger partial charge on any atom is 0.291 e. The van der Waals surface area contributed by atoms with Crippen LogP contribution in [0, 0.1) is 10.1 Å². The molecule has 1 fully saturated rings. The van der Waals surface area contributed by atoms with Crippen LogP contribution in [0.25, 0.3) is 16.8 Å². The van der Waals surface area contributed by atoms with Crippen molar-refractivity contribution in [1.82, 2.24) is 20.2 Å². The molecule has 1 saturated heterocycles. The Labute approximate surface area is 248 Å². The van der Waals surface area contributed by atoms with Crippen molar-refractivity contribution in [1.29, 1.82) is 0 Å². The molecule has 2 heterocycles. The summed E-state index contributed by atoms with van der Waals surface area (Å²) >= 11 is 1.09. The topological polar surface area (TPSA) is 166 Å². The first-order chi connectivity index (χ1) is 20.6. The molecule has 3 aromatic carbocycles. The monoisotopic (exact) mass is 603 g/mol. The van der Waals surface area contributed by atoms with Crippen LogP contribution < -0.4 is 20.5 Å². The molecule has 5 rings (SSSR count). The number of hydrogen-bond donors (Lipinski definition) is 2. The Morgan fingerprint density at radius 2 is 1.63 bits per heavy atom. The summed E-state index contributed by atoms with van der Waals surface area (Å²) in [6.45, 7) is 1.62. The van der Waals surface area contributed by atoms with Gasteiger partial charge in [-0.3, -0.25) is 29.9 Å². The van der Waals surface area contributed by atoms with Gasteiger partial charge in [0.05, 0.1) is 30.1 Å². The van der Waals surface area contributed by atoms with Gasteiger partial charge in [0.15, 0.2) is 5.69 Å². The quantitative estimate of drug-likeness (QED) is 0.223. The van der Waals surface area contributed by atoms with E-state index in [0.29, 0.717) is 22.7 Å². The van der Waals surface area contributed by atoms with Crippen molar-refractivity contribution >= 4 is 29.3 Å². The van der Waals surface area contributed by atoms with E-state index in [1.807, 2.05) is 0 Å². The molecule has 13 nitrogen and oxygen atoms in total. The molecule has 4 aromatic rings. The number of phenolic OH excluding ortho intramolecular Hbond substituents is 1. The maximum atomic E-state index is 13.9. The van der Waals surface area contributed by atoms with E-state index < -0.39 is 32.9 Å². The van der Waals surface area contributed by atoms with Crippen LogP contribution in [0.2, 0.25) is 0 Å². The molecular formula is C29H25N5O8S. The second kappa shape index (κ2) is 11.9. The fourth-order valence-electron chi connectivity index (χ4n) is 4.49. The van der Waals surface area contributed by atoms with Crippen molar-refractivity contribution in [2.45, 2.75) is 17.5 Å². The van der Waals surface area contributed by atoms with Crippen LogP contribution in [0.4, 0.5) is 5.69 Å². The van der Waals surface area contributed by atoms with Crippen LogP contribution in [-0.2, 0) is 4.79 Å². The van der Waals surface area contributed by atoms with Crippen LogP contribution in [0.15, 0.2) is 77.6 Å². The Kier molecular flexibility index (Phi) is 8.03. The average Bonchev–Trinajstić information content (AvgIpc) is 3.29. The second-order valence-corrected chi connectivity index (χ2v) is 10.8. The minimum atomic E-state index is -0.983. The number of nitrogens with zero attached hydrogens (tertiary/aromatic N) is 4. The summed E-state index contributed by atoms with van der Waals surface area (Å²) < 4.78 is 11.5. The molecule has 1 aliphatic rings. The van der Waals surface area contributed by atoms with E-state index in [9.17, 15) is 29.6 Å². The first kappa shape index (κ1) is 29.1. The Bertz CT molecular complexity index is 1780. The van der Waals surface area contributed by atoms with E-state index >= 15 is 0 Å². The fraction of sp³-hybridized carbons (Fsp3) is 0.172. The Balaban J connectivity index is 1.59. The Hall–Kier alpha value is -5.37. The number of nitro benzene ring substituents is 1.